The van der Waals surface area contributed by atoms with Crippen LogP contribution in [0.5, 0.6) is 0 Å². The van der Waals surface area contributed by atoms with Crippen LogP contribution in [0.15, 0.2) is 22.9 Å². The summed E-state index contributed by atoms with van der Waals surface area (Å²) in [5.74, 6) is 1.01. The van der Waals surface area contributed by atoms with Crippen molar-refractivity contribution in [1.29, 1.82) is 0 Å². The largest absolute Gasteiger partial charge is 0.359 e. The molecule has 0 radical (unpaired) electrons. The molecule has 5 heteroatoms. The van der Waals surface area contributed by atoms with Crippen molar-refractivity contribution < 1.29 is 9.32 Å². The maximum Gasteiger partial charge on any atom is 0.237 e. The zero-order chi connectivity index (χ0) is 12.4. The monoisotopic (exact) mass is 245 g/mol. The van der Waals surface area contributed by atoms with Crippen molar-refractivity contribution in [3.8, 4) is 11.5 Å². The predicted molar refractivity (Wildman–Crippen MR) is 64.9 cm³/mol. The Hall–Kier alpha value is -1.91. The zero-order valence-corrected chi connectivity index (χ0v) is 10.1. The van der Waals surface area contributed by atoms with Crippen molar-refractivity contribution >= 4 is 5.78 Å². The molecule has 3 rings (SSSR count). The molecule has 0 amide bonds. The van der Waals surface area contributed by atoms with E-state index in [9.17, 15) is 4.79 Å². The van der Waals surface area contributed by atoms with Gasteiger partial charge in [-0.2, -0.15) is 4.98 Å². The van der Waals surface area contributed by atoms with Crippen LogP contribution in [0.25, 0.3) is 11.5 Å². The van der Waals surface area contributed by atoms with Crippen molar-refractivity contribution in [2.24, 2.45) is 0 Å². The Kier molecular flexibility index (Phi) is 2.96. The van der Waals surface area contributed by atoms with Gasteiger partial charge in [0, 0.05) is 12.6 Å². The number of nitrogens with zero attached hydrogens (tertiary/aromatic N) is 2. The van der Waals surface area contributed by atoms with Crippen molar-refractivity contribution in [1.82, 2.24) is 15.1 Å². The standard InChI is InChI=1S/C13H15N3O2/c17-11-7-3-1-2-5-9(11)13-15-12(16-18-13)10-6-4-8-14-10/h4,6,8-9,14H,1-3,5,7H2. The Morgan fingerprint density at radius 1 is 1.33 bits per heavy atom. The molecule has 0 aliphatic heterocycles. The third-order valence-electron chi connectivity index (χ3n) is 3.38. The van der Waals surface area contributed by atoms with Gasteiger partial charge < -0.3 is 9.51 Å². The highest BCUT2D eigenvalue weighted by molar-refractivity contribution is 5.84. The second-order valence-corrected chi connectivity index (χ2v) is 4.66. The van der Waals surface area contributed by atoms with Gasteiger partial charge in [-0.1, -0.05) is 18.0 Å². The van der Waals surface area contributed by atoms with Crippen LogP contribution < -0.4 is 0 Å². The lowest BCUT2D eigenvalue weighted by Crippen LogP contribution is -2.10. The van der Waals surface area contributed by atoms with Gasteiger partial charge in [0.2, 0.25) is 11.7 Å². The van der Waals surface area contributed by atoms with Gasteiger partial charge >= 0.3 is 0 Å². The van der Waals surface area contributed by atoms with E-state index in [-0.39, 0.29) is 11.7 Å². The average Bonchev–Trinajstić information content (AvgIpc) is 3.00. The first kappa shape index (κ1) is 11.2. The van der Waals surface area contributed by atoms with Crippen LogP contribution in [0.4, 0.5) is 0 Å². The molecular formula is C13H15N3O2. The smallest absolute Gasteiger partial charge is 0.237 e. The minimum atomic E-state index is -0.205. The maximum atomic E-state index is 12.0. The number of Topliss-reactive ketones (excluding diaryl/α,β-unsaturated/α-hetero) is 1. The van der Waals surface area contributed by atoms with Gasteiger partial charge in [-0.05, 0) is 25.0 Å². The normalized spacial score (nSPS) is 20.9. The van der Waals surface area contributed by atoms with Crippen molar-refractivity contribution in [2.75, 3.05) is 0 Å². The van der Waals surface area contributed by atoms with Crippen molar-refractivity contribution in [2.45, 2.75) is 38.0 Å². The minimum Gasteiger partial charge on any atom is -0.359 e. The molecule has 1 aliphatic carbocycles. The third-order valence-corrected chi connectivity index (χ3v) is 3.38. The molecule has 5 nitrogen and oxygen atoms in total. The van der Waals surface area contributed by atoms with Gasteiger partial charge in [0.05, 0.1) is 11.6 Å². The highest BCUT2D eigenvalue weighted by Gasteiger charge is 2.27. The summed E-state index contributed by atoms with van der Waals surface area (Å²) in [5, 5.41) is 3.93. The third kappa shape index (κ3) is 2.08. The molecule has 1 N–H and O–H groups in total. The number of carbonyl (C=O) groups excluding carboxylic acids is 1. The highest BCUT2D eigenvalue weighted by Crippen LogP contribution is 2.29. The van der Waals surface area contributed by atoms with Gasteiger partial charge in [-0.3, -0.25) is 4.79 Å². The molecule has 1 atom stereocenters. The Morgan fingerprint density at radius 3 is 3.11 bits per heavy atom. The minimum absolute atomic E-state index is 0.205. The summed E-state index contributed by atoms with van der Waals surface area (Å²) in [6, 6.07) is 3.76. The van der Waals surface area contributed by atoms with Crippen LogP contribution in [0, 0.1) is 0 Å². The van der Waals surface area contributed by atoms with E-state index in [4.69, 9.17) is 4.52 Å². The predicted octanol–water partition coefficient (Wildman–Crippen LogP) is 2.68. The lowest BCUT2D eigenvalue weighted by Gasteiger charge is -2.06. The fraction of sp³-hybridized carbons (Fsp3) is 0.462. The van der Waals surface area contributed by atoms with Crippen LogP contribution in [0.1, 0.15) is 43.9 Å². The number of hydrogen-bond donors (Lipinski definition) is 1. The van der Waals surface area contributed by atoms with E-state index in [0.717, 1.165) is 31.4 Å². The number of aromatic amines is 1. The molecule has 1 fully saturated rings. The fourth-order valence-electron chi connectivity index (χ4n) is 2.38. The second-order valence-electron chi connectivity index (χ2n) is 4.66. The van der Waals surface area contributed by atoms with E-state index in [2.05, 4.69) is 15.1 Å². The van der Waals surface area contributed by atoms with Gasteiger partial charge in [0.1, 0.15) is 5.78 Å². The summed E-state index contributed by atoms with van der Waals surface area (Å²) >= 11 is 0. The molecule has 2 aromatic heterocycles. The van der Waals surface area contributed by atoms with E-state index < -0.39 is 0 Å². The number of hydrogen-bond acceptors (Lipinski definition) is 4. The number of H-pyrrole nitrogens is 1. The Morgan fingerprint density at radius 2 is 2.28 bits per heavy atom. The first-order valence-electron chi connectivity index (χ1n) is 6.34. The molecule has 1 unspecified atom stereocenters. The molecule has 0 saturated heterocycles. The SMILES string of the molecule is O=C1CCCCCC1c1nc(-c2ccc[nH]2)no1. The Balaban J connectivity index is 1.86. The quantitative estimate of drug-likeness (QED) is 0.825. The number of aromatic nitrogens is 3. The summed E-state index contributed by atoms with van der Waals surface area (Å²) in [4.78, 5) is 19.3. The zero-order valence-electron chi connectivity index (χ0n) is 10.1. The summed E-state index contributed by atoms with van der Waals surface area (Å²) in [6.45, 7) is 0. The number of nitrogens with one attached hydrogen (secondary N) is 1. The van der Waals surface area contributed by atoms with Crippen LogP contribution in [0.2, 0.25) is 0 Å². The van der Waals surface area contributed by atoms with Crippen LogP contribution in [-0.2, 0) is 4.79 Å². The van der Waals surface area contributed by atoms with Crippen LogP contribution in [0.3, 0.4) is 0 Å². The summed E-state index contributed by atoms with van der Waals surface area (Å²) in [6.07, 6.45) is 6.40. The molecular weight excluding hydrogens is 230 g/mol. The molecule has 94 valence electrons. The summed E-state index contributed by atoms with van der Waals surface area (Å²) < 4.78 is 5.25. The van der Waals surface area contributed by atoms with Crippen molar-refractivity contribution in [3.05, 3.63) is 24.2 Å². The van der Waals surface area contributed by atoms with Gasteiger partial charge in [0.25, 0.3) is 0 Å². The van der Waals surface area contributed by atoms with E-state index in [1.54, 1.807) is 0 Å². The van der Waals surface area contributed by atoms with E-state index >= 15 is 0 Å². The molecule has 1 saturated carbocycles. The maximum absolute atomic E-state index is 12.0. The summed E-state index contributed by atoms with van der Waals surface area (Å²) in [5.41, 5.74) is 0.811. The van der Waals surface area contributed by atoms with Crippen LogP contribution in [-0.4, -0.2) is 20.9 Å². The first-order chi connectivity index (χ1) is 8.84. The molecule has 2 heterocycles. The van der Waals surface area contributed by atoms with Crippen molar-refractivity contribution in [3.63, 3.8) is 0 Å². The molecule has 2 aromatic rings. The summed E-state index contributed by atoms with van der Waals surface area (Å²) in [7, 11) is 0. The number of rotatable bonds is 2. The topological polar surface area (TPSA) is 71.8 Å². The van der Waals surface area contributed by atoms with Gasteiger partial charge in [0.15, 0.2) is 0 Å². The Labute approximate surface area is 105 Å². The first-order valence-corrected chi connectivity index (χ1v) is 6.34. The van der Waals surface area contributed by atoms with Gasteiger partial charge in [-0.15, -0.1) is 0 Å². The lowest BCUT2D eigenvalue weighted by atomic mass is 9.99. The van der Waals surface area contributed by atoms with E-state index in [1.807, 2.05) is 18.3 Å². The van der Waals surface area contributed by atoms with E-state index in [1.165, 1.54) is 0 Å². The number of ketones is 1. The second kappa shape index (κ2) is 4.76. The molecule has 1 aliphatic rings. The van der Waals surface area contributed by atoms with Crippen LogP contribution >= 0.6 is 0 Å². The molecule has 18 heavy (non-hydrogen) atoms. The molecule has 0 spiro atoms. The molecule has 0 bridgehead atoms. The van der Waals surface area contributed by atoms with E-state index in [0.29, 0.717) is 18.1 Å². The number of carbonyl (C=O) groups is 1. The highest BCUT2D eigenvalue weighted by atomic mass is 16.5. The fourth-order valence-corrected chi connectivity index (χ4v) is 2.38. The average molecular weight is 245 g/mol. The van der Waals surface area contributed by atoms with Gasteiger partial charge in [-0.25, -0.2) is 0 Å². The molecule has 0 aromatic carbocycles. The lowest BCUT2D eigenvalue weighted by molar-refractivity contribution is -0.120. The Bertz CT molecular complexity index is 530.